The highest BCUT2D eigenvalue weighted by atomic mass is 28.4. The van der Waals surface area contributed by atoms with Crippen LogP contribution in [0.4, 0.5) is 0 Å². The average Bonchev–Trinajstić information content (AvgIpc) is 3.30. The van der Waals surface area contributed by atoms with Crippen molar-refractivity contribution in [2.24, 2.45) is 29.1 Å². The summed E-state index contributed by atoms with van der Waals surface area (Å²) in [5, 5.41) is 11.3. The lowest BCUT2D eigenvalue weighted by atomic mass is 9.40. The van der Waals surface area contributed by atoms with E-state index >= 15 is 0 Å². The van der Waals surface area contributed by atoms with Crippen molar-refractivity contribution in [1.29, 1.82) is 0 Å². The Morgan fingerprint density at radius 1 is 1.09 bits per heavy atom. The molecule has 0 radical (unpaired) electrons. The first-order valence-corrected chi connectivity index (χ1v) is 16.5. The van der Waals surface area contributed by atoms with Gasteiger partial charge in [-0.05, 0) is 62.1 Å². The van der Waals surface area contributed by atoms with Gasteiger partial charge >= 0.3 is 0 Å². The quantitative estimate of drug-likeness (QED) is 0.391. The Kier molecular flexibility index (Phi) is 7.20. The Morgan fingerprint density at radius 2 is 1.73 bits per heavy atom. The smallest absolute Gasteiger partial charge is 0.193 e. The van der Waals surface area contributed by atoms with Crippen LogP contribution >= 0.6 is 0 Å². The number of aliphatic hydroxyl groups is 1. The zero-order chi connectivity index (χ0) is 24.1. The zero-order valence-corrected chi connectivity index (χ0v) is 23.2. The summed E-state index contributed by atoms with van der Waals surface area (Å²) in [7, 11) is -1.94. The van der Waals surface area contributed by atoms with Gasteiger partial charge in [0, 0.05) is 11.3 Å². The fraction of sp³-hybridized carbons (Fsp3) is 0.929. The van der Waals surface area contributed by atoms with Crippen molar-refractivity contribution in [2.45, 2.75) is 122 Å². The minimum absolute atomic E-state index is 0.0142. The van der Waals surface area contributed by atoms with E-state index in [1.54, 1.807) is 0 Å². The lowest BCUT2D eigenvalue weighted by Gasteiger charge is -2.69. The second-order valence-electron chi connectivity index (χ2n) is 12.8. The maximum Gasteiger partial charge on any atom is 0.193 e. The molecule has 33 heavy (non-hydrogen) atoms. The van der Waals surface area contributed by atoms with E-state index in [4.69, 9.17) is 13.9 Å². The molecular weight excluding hydrogens is 428 g/mol. The van der Waals surface area contributed by atoms with Gasteiger partial charge in [-0.15, -0.1) is 0 Å². The Morgan fingerprint density at radius 3 is 2.30 bits per heavy atom. The van der Waals surface area contributed by atoms with Gasteiger partial charge in [-0.3, -0.25) is 0 Å². The van der Waals surface area contributed by atoms with E-state index in [-0.39, 0.29) is 34.5 Å². The molecule has 0 aromatic carbocycles. The molecule has 1 unspecified atom stereocenters. The number of fused-ring (bicyclic) bond motifs is 2. The second-order valence-corrected chi connectivity index (χ2v) is 17.6. The van der Waals surface area contributed by atoms with E-state index in [9.17, 15) is 5.11 Å². The fourth-order valence-electron chi connectivity index (χ4n) is 7.30. The number of hydrogen-bond donors (Lipinski definition) is 1. The first-order chi connectivity index (χ1) is 15.5. The monoisotopic (exact) mass is 476 g/mol. The third kappa shape index (κ3) is 4.16. The summed E-state index contributed by atoms with van der Waals surface area (Å²) in [6, 6.07) is 0. The summed E-state index contributed by atoms with van der Waals surface area (Å²) < 4.78 is 19.5. The highest BCUT2D eigenvalue weighted by Gasteiger charge is 2.75. The van der Waals surface area contributed by atoms with E-state index in [1.165, 1.54) is 32.1 Å². The van der Waals surface area contributed by atoms with Crippen molar-refractivity contribution in [1.82, 2.24) is 0 Å². The SMILES string of the molecule is CC[C@]12CC[C@@H](O)[C@H](C#C[C@@H](O[Si](C)(C)C(C)(C)C)C3CCCCC3)[C@H]1C(C)C21OCCO1. The van der Waals surface area contributed by atoms with E-state index < -0.39 is 14.1 Å². The molecule has 188 valence electrons. The normalized spacial score (nSPS) is 37.7. The van der Waals surface area contributed by atoms with Crippen LogP contribution in [-0.4, -0.2) is 44.6 Å². The molecule has 1 heterocycles. The van der Waals surface area contributed by atoms with Crippen LogP contribution in [0.2, 0.25) is 18.1 Å². The molecule has 3 aliphatic carbocycles. The molecular formula is C28H48O4Si. The zero-order valence-electron chi connectivity index (χ0n) is 22.2. The minimum atomic E-state index is -1.94. The van der Waals surface area contributed by atoms with Gasteiger partial charge in [0.15, 0.2) is 14.1 Å². The summed E-state index contributed by atoms with van der Waals surface area (Å²) in [6.45, 7) is 17.5. The van der Waals surface area contributed by atoms with Gasteiger partial charge in [0.25, 0.3) is 0 Å². The van der Waals surface area contributed by atoms with E-state index in [1.807, 2.05) is 0 Å². The summed E-state index contributed by atoms with van der Waals surface area (Å²) in [4.78, 5) is 0. The van der Waals surface area contributed by atoms with Gasteiger partial charge in [-0.25, -0.2) is 0 Å². The molecule has 5 heteroatoms. The first-order valence-electron chi connectivity index (χ1n) is 13.6. The molecule has 4 rings (SSSR count). The fourth-order valence-corrected chi connectivity index (χ4v) is 8.54. The summed E-state index contributed by atoms with van der Waals surface area (Å²) in [6.07, 6.45) is 8.69. The molecule has 1 saturated heterocycles. The van der Waals surface area contributed by atoms with Gasteiger partial charge in [0.1, 0.15) is 6.10 Å². The molecule has 0 aromatic heterocycles. The maximum absolute atomic E-state index is 11.1. The van der Waals surface area contributed by atoms with Crippen LogP contribution in [0.15, 0.2) is 0 Å². The van der Waals surface area contributed by atoms with Gasteiger partial charge in [-0.2, -0.15) is 0 Å². The van der Waals surface area contributed by atoms with E-state index in [0.29, 0.717) is 25.0 Å². The molecule has 4 aliphatic rings. The van der Waals surface area contributed by atoms with Crippen LogP contribution in [0.3, 0.4) is 0 Å². The Labute approximate surface area is 203 Å². The first kappa shape index (κ1) is 25.7. The predicted molar refractivity (Wildman–Crippen MR) is 135 cm³/mol. The van der Waals surface area contributed by atoms with Crippen molar-refractivity contribution in [3.05, 3.63) is 0 Å². The third-order valence-corrected chi connectivity index (χ3v) is 14.7. The molecule has 3 saturated carbocycles. The lowest BCUT2D eigenvalue weighted by Crippen LogP contribution is -2.74. The van der Waals surface area contributed by atoms with Gasteiger partial charge < -0.3 is 19.0 Å². The predicted octanol–water partition coefficient (Wildman–Crippen LogP) is 6.14. The van der Waals surface area contributed by atoms with E-state index in [0.717, 1.165) is 19.3 Å². The third-order valence-electron chi connectivity index (χ3n) is 10.2. The molecule has 0 bridgehead atoms. The minimum Gasteiger partial charge on any atom is -0.403 e. The molecule has 6 atom stereocenters. The largest absolute Gasteiger partial charge is 0.403 e. The average molecular weight is 477 g/mol. The topological polar surface area (TPSA) is 47.9 Å². The van der Waals surface area contributed by atoms with E-state index in [2.05, 4.69) is 59.6 Å². The lowest BCUT2D eigenvalue weighted by molar-refractivity contribution is -0.387. The van der Waals surface area contributed by atoms with Crippen molar-refractivity contribution < 1.29 is 19.0 Å². The van der Waals surface area contributed by atoms with Crippen LogP contribution in [0.25, 0.3) is 0 Å². The number of aliphatic hydroxyl groups excluding tert-OH is 1. The number of ether oxygens (including phenoxy) is 2. The van der Waals surface area contributed by atoms with Crippen molar-refractivity contribution >= 4 is 8.32 Å². The van der Waals surface area contributed by atoms with Gasteiger partial charge in [0.05, 0.1) is 25.2 Å². The van der Waals surface area contributed by atoms with Crippen molar-refractivity contribution in [3.8, 4) is 11.8 Å². The van der Waals surface area contributed by atoms with Gasteiger partial charge in [0.2, 0.25) is 0 Å². The Balaban J connectivity index is 1.62. The molecule has 4 nitrogen and oxygen atoms in total. The number of rotatable bonds is 4. The van der Waals surface area contributed by atoms with Crippen LogP contribution in [0.1, 0.15) is 86.0 Å². The van der Waals surface area contributed by atoms with Crippen LogP contribution in [-0.2, 0) is 13.9 Å². The highest BCUT2D eigenvalue weighted by Crippen LogP contribution is 2.70. The molecule has 1 aliphatic heterocycles. The van der Waals surface area contributed by atoms with Crippen LogP contribution < -0.4 is 0 Å². The molecule has 0 amide bonds. The molecule has 1 N–H and O–H groups in total. The Bertz CT molecular complexity index is 750. The van der Waals surface area contributed by atoms with Gasteiger partial charge in [-0.1, -0.05) is 65.7 Å². The van der Waals surface area contributed by atoms with Crippen LogP contribution in [0.5, 0.6) is 0 Å². The summed E-state index contributed by atoms with van der Waals surface area (Å²) in [5.74, 6) is 7.92. The standard InChI is InChI=1S/C28H48O4Si/c1-8-27-17-16-23(29)22(25(27)20(2)28(27)30-18-19-31-28)14-15-24(21-12-10-9-11-13-21)32-33(6,7)26(3,4)5/h20-25,29H,8-13,16-19H2,1-7H3/t20?,22-,23+,24+,25+,27-/m0/s1. The number of hydrogen-bond acceptors (Lipinski definition) is 4. The van der Waals surface area contributed by atoms with Crippen molar-refractivity contribution in [2.75, 3.05) is 13.2 Å². The maximum atomic E-state index is 11.1. The summed E-state index contributed by atoms with van der Waals surface area (Å²) >= 11 is 0. The Hall–Kier alpha value is -0.383. The molecule has 0 aromatic rings. The second kappa shape index (κ2) is 9.25. The molecule has 1 spiro atoms. The van der Waals surface area contributed by atoms with Crippen LogP contribution in [0, 0.1) is 40.9 Å². The molecule has 4 fully saturated rings. The summed E-state index contributed by atoms with van der Waals surface area (Å²) in [5.41, 5.74) is -0.0257. The highest BCUT2D eigenvalue weighted by molar-refractivity contribution is 6.74. The van der Waals surface area contributed by atoms with Crippen molar-refractivity contribution in [3.63, 3.8) is 0 Å².